The Morgan fingerprint density at radius 2 is 1.77 bits per heavy atom. The van der Waals surface area contributed by atoms with Crippen LogP contribution >= 0.6 is 0 Å². The fourth-order valence-electron chi connectivity index (χ4n) is 9.75. The fourth-order valence-corrected chi connectivity index (χ4v) is 9.75. The molecular formula is C48H64F3N5. The molecule has 0 amide bonds. The number of aromatic nitrogens is 3. The van der Waals surface area contributed by atoms with Crippen LogP contribution in [0.25, 0.3) is 22.0 Å². The predicted molar refractivity (Wildman–Crippen MR) is 227 cm³/mol. The first-order chi connectivity index (χ1) is 26.9. The number of allylic oxidation sites excluding steroid dienone is 2. The van der Waals surface area contributed by atoms with Crippen LogP contribution in [0.4, 0.5) is 13.2 Å². The lowest BCUT2D eigenvalue weighted by molar-refractivity contribution is -0.136. The summed E-state index contributed by atoms with van der Waals surface area (Å²) in [5.74, 6) is 1.65. The smallest absolute Gasteiger partial charge is 0.351 e. The number of hydrogen-bond donors (Lipinski definition) is 1. The first kappa shape index (κ1) is 41.6. The van der Waals surface area contributed by atoms with Crippen LogP contribution < -0.4 is 5.32 Å². The van der Waals surface area contributed by atoms with Gasteiger partial charge in [0.25, 0.3) is 0 Å². The molecule has 1 aliphatic heterocycles. The number of benzene rings is 2. The second-order valence-corrected chi connectivity index (χ2v) is 16.8. The van der Waals surface area contributed by atoms with Crippen molar-refractivity contribution < 1.29 is 13.2 Å². The zero-order valence-electron chi connectivity index (χ0n) is 35.0. The van der Waals surface area contributed by atoms with E-state index in [1.165, 1.54) is 82.3 Å². The van der Waals surface area contributed by atoms with E-state index >= 15 is 0 Å². The lowest BCUT2D eigenvalue weighted by atomic mass is 9.85. The molecule has 1 spiro atoms. The normalized spacial score (nSPS) is 19.1. The standard InChI is InChI=1S/C39H44F3N5.C9H20/c1-6-8-16-38(24-37(38)17-18-37)29-13-11-28(12-14-29)31-22-33(39(40,41)42)32-23-47(45-35(32)25(31)3)36(26(4)44-27(5)43-19-7-2)30-15-21-46-20-9-10-34(30)46;1-4-7-9(6-3)8-5-2/h7,11-15,19,21-23,36H,4,6,8-10,16-18,20,24H2,1-3,5H3,(H,43,44);9H,4-8H2,1-3H3/b19-7-;. The van der Waals surface area contributed by atoms with Crippen LogP contribution in [0.5, 0.6) is 0 Å². The van der Waals surface area contributed by atoms with Gasteiger partial charge in [-0.1, -0.05) is 110 Å². The van der Waals surface area contributed by atoms with Crippen molar-refractivity contribution in [3.8, 4) is 11.1 Å². The number of alkyl halides is 3. The van der Waals surface area contributed by atoms with E-state index in [1.54, 1.807) is 17.1 Å². The lowest BCUT2D eigenvalue weighted by Crippen LogP contribution is -2.27. The highest BCUT2D eigenvalue weighted by Crippen LogP contribution is 2.80. The SMILES string of the molecule is C=C(NC(C)=N/C=C\C)C(c1ccn2c1CCC2)n1cc2c(C(F)(F)F)cc(-c3ccc(C4(CCCC)CC45CC5)cc3)c(C)c2n1.CCCC(CC)CCC. The first-order valence-corrected chi connectivity index (χ1v) is 21.4. The van der Waals surface area contributed by atoms with Crippen molar-refractivity contribution in [1.82, 2.24) is 19.7 Å². The quantitative estimate of drug-likeness (QED) is 0.0967. The molecule has 2 atom stereocenters. The van der Waals surface area contributed by atoms with E-state index in [4.69, 9.17) is 5.10 Å². The van der Waals surface area contributed by atoms with E-state index in [9.17, 15) is 13.2 Å². The van der Waals surface area contributed by atoms with Gasteiger partial charge in [0.15, 0.2) is 0 Å². The monoisotopic (exact) mass is 768 g/mol. The van der Waals surface area contributed by atoms with Gasteiger partial charge in [0, 0.05) is 52.9 Å². The van der Waals surface area contributed by atoms with Crippen molar-refractivity contribution in [1.29, 1.82) is 0 Å². The number of fused-ring (bicyclic) bond motifs is 2. The molecule has 7 rings (SSSR count). The van der Waals surface area contributed by atoms with Gasteiger partial charge >= 0.3 is 6.18 Å². The van der Waals surface area contributed by atoms with Crippen LogP contribution in [-0.2, 0) is 24.6 Å². The van der Waals surface area contributed by atoms with Crippen LogP contribution in [0.3, 0.4) is 0 Å². The number of unbranched alkanes of at least 4 members (excludes halogenated alkanes) is 1. The molecule has 2 aromatic carbocycles. The van der Waals surface area contributed by atoms with Crippen molar-refractivity contribution in [2.24, 2.45) is 16.3 Å². The molecule has 4 aromatic rings. The van der Waals surface area contributed by atoms with Crippen LogP contribution in [0.2, 0.25) is 0 Å². The minimum Gasteiger partial charge on any atom is -0.351 e. The molecule has 2 aliphatic carbocycles. The molecule has 3 heterocycles. The summed E-state index contributed by atoms with van der Waals surface area (Å²) in [5.41, 5.74) is 6.56. The Balaban J connectivity index is 0.000000528. The Hall–Kier alpha value is -4.07. The molecule has 2 saturated carbocycles. The molecular weight excluding hydrogens is 704 g/mol. The van der Waals surface area contributed by atoms with Crippen LogP contribution in [0.1, 0.15) is 153 Å². The number of aryl methyl sites for hydroxylation is 2. The first-order valence-electron chi connectivity index (χ1n) is 21.4. The number of nitrogens with zero attached hydrogens (tertiary/aromatic N) is 4. The Morgan fingerprint density at radius 1 is 1.05 bits per heavy atom. The Bertz CT molecular complexity index is 2030. The van der Waals surface area contributed by atoms with Gasteiger partial charge in [0.05, 0.1) is 11.1 Å². The Morgan fingerprint density at radius 3 is 2.36 bits per heavy atom. The third-order valence-corrected chi connectivity index (χ3v) is 13.0. The van der Waals surface area contributed by atoms with E-state index in [1.807, 2.05) is 45.0 Å². The van der Waals surface area contributed by atoms with Crippen LogP contribution in [-0.4, -0.2) is 20.2 Å². The van der Waals surface area contributed by atoms with Gasteiger partial charge in [-0.25, -0.2) is 4.99 Å². The average Bonchev–Trinajstić information content (AvgIpc) is 3.80. The van der Waals surface area contributed by atoms with E-state index in [0.717, 1.165) is 47.7 Å². The van der Waals surface area contributed by atoms with Crippen molar-refractivity contribution in [2.75, 3.05) is 0 Å². The molecule has 0 bridgehead atoms. The number of halogens is 3. The molecule has 0 radical (unpaired) electrons. The average molecular weight is 768 g/mol. The molecule has 2 fully saturated rings. The van der Waals surface area contributed by atoms with E-state index in [0.29, 0.717) is 28.0 Å². The van der Waals surface area contributed by atoms with Gasteiger partial charge in [-0.05, 0) is 105 Å². The molecule has 56 heavy (non-hydrogen) atoms. The number of amidine groups is 1. The second kappa shape index (κ2) is 17.2. The van der Waals surface area contributed by atoms with Crippen LogP contribution in [0, 0.1) is 18.3 Å². The summed E-state index contributed by atoms with van der Waals surface area (Å²) in [6.07, 6.45) is 18.9. The Kier molecular flexibility index (Phi) is 12.8. The Labute approximate surface area is 333 Å². The predicted octanol–water partition coefficient (Wildman–Crippen LogP) is 13.6. The third-order valence-electron chi connectivity index (χ3n) is 13.0. The molecule has 2 unspecified atom stereocenters. The van der Waals surface area contributed by atoms with Gasteiger partial charge in [-0.15, -0.1) is 0 Å². The van der Waals surface area contributed by atoms with Crippen molar-refractivity contribution >= 4 is 16.7 Å². The third kappa shape index (κ3) is 8.31. The summed E-state index contributed by atoms with van der Waals surface area (Å²) in [7, 11) is 0. The number of nitrogens with one attached hydrogen (secondary N) is 1. The topological polar surface area (TPSA) is 47.1 Å². The lowest BCUT2D eigenvalue weighted by Gasteiger charge is -2.22. The number of hydrogen-bond acceptors (Lipinski definition) is 2. The minimum atomic E-state index is -4.55. The van der Waals surface area contributed by atoms with E-state index < -0.39 is 17.8 Å². The van der Waals surface area contributed by atoms with Gasteiger partial charge in [-0.3, -0.25) is 4.68 Å². The maximum absolute atomic E-state index is 14.8. The summed E-state index contributed by atoms with van der Waals surface area (Å²) < 4.78 is 48.3. The van der Waals surface area contributed by atoms with E-state index in [-0.39, 0.29) is 10.8 Å². The minimum absolute atomic E-state index is 0.0931. The molecule has 2 aromatic heterocycles. The fraction of sp³-hybridized carbons (Fsp3) is 0.542. The van der Waals surface area contributed by atoms with Crippen molar-refractivity contribution in [3.63, 3.8) is 0 Å². The maximum atomic E-state index is 14.8. The highest BCUT2D eigenvalue weighted by Gasteiger charge is 2.73. The second-order valence-electron chi connectivity index (χ2n) is 16.8. The summed E-state index contributed by atoms with van der Waals surface area (Å²) in [4.78, 5) is 4.39. The maximum Gasteiger partial charge on any atom is 0.417 e. The van der Waals surface area contributed by atoms with Crippen molar-refractivity contribution in [3.05, 3.63) is 101 Å². The summed E-state index contributed by atoms with van der Waals surface area (Å²) >= 11 is 0. The molecule has 5 nitrogen and oxygen atoms in total. The van der Waals surface area contributed by atoms with Gasteiger partial charge < -0.3 is 9.88 Å². The summed E-state index contributed by atoms with van der Waals surface area (Å²) in [6.45, 7) is 20.0. The largest absolute Gasteiger partial charge is 0.417 e. The molecule has 0 saturated heterocycles. The highest BCUT2D eigenvalue weighted by molar-refractivity contribution is 5.92. The highest BCUT2D eigenvalue weighted by atomic mass is 19.4. The summed E-state index contributed by atoms with van der Waals surface area (Å²) in [6, 6.07) is 11.2. The molecule has 1 N–H and O–H groups in total. The molecule has 302 valence electrons. The zero-order valence-corrected chi connectivity index (χ0v) is 35.0. The van der Waals surface area contributed by atoms with Crippen LogP contribution in [0.15, 0.2) is 78.3 Å². The molecule has 3 aliphatic rings. The number of aliphatic imine (C=N–C) groups is 1. The molecule has 8 heteroatoms. The van der Waals surface area contributed by atoms with Gasteiger partial charge in [-0.2, -0.15) is 18.3 Å². The van der Waals surface area contributed by atoms with Crippen molar-refractivity contribution in [2.45, 2.75) is 156 Å². The zero-order chi connectivity index (χ0) is 40.3. The van der Waals surface area contributed by atoms with E-state index in [2.05, 4.69) is 67.5 Å². The van der Waals surface area contributed by atoms with Gasteiger partial charge in [0.1, 0.15) is 11.9 Å². The van der Waals surface area contributed by atoms with Gasteiger partial charge in [0.2, 0.25) is 0 Å². The number of rotatable bonds is 15. The summed E-state index contributed by atoms with van der Waals surface area (Å²) in [5, 5.41) is 8.31.